The fourth-order valence-corrected chi connectivity index (χ4v) is 3.61. The van der Waals surface area contributed by atoms with E-state index in [9.17, 15) is 9.18 Å². The summed E-state index contributed by atoms with van der Waals surface area (Å²) in [4.78, 5) is 14.7. The lowest BCUT2D eigenvalue weighted by Crippen LogP contribution is -2.48. The third-order valence-corrected chi connectivity index (χ3v) is 5.06. The Labute approximate surface area is 180 Å². The van der Waals surface area contributed by atoms with Crippen LogP contribution in [0.5, 0.6) is 5.75 Å². The van der Waals surface area contributed by atoms with E-state index in [2.05, 4.69) is 5.32 Å². The van der Waals surface area contributed by atoms with Crippen molar-refractivity contribution >= 4 is 29.0 Å². The van der Waals surface area contributed by atoms with Gasteiger partial charge in [0.15, 0.2) is 5.11 Å². The van der Waals surface area contributed by atoms with Gasteiger partial charge < -0.3 is 19.5 Å². The number of hydrogen-bond donors (Lipinski definition) is 1. The zero-order valence-electron chi connectivity index (χ0n) is 17.0. The highest BCUT2D eigenvalue weighted by Gasteiger charge is 2.35. The first kappa shape index (κ1) is 21.7. The topological polar surface area (TPSA) is 60.0 Å². The summed E-state index contributed by atoms with van der Waals surface area (Å²) in [6.45, 7) is 2.21. The maximum Gasteiger partial charge on any atom is 0.338 e. The first-order valence-electron chi connectivity index (χ1n) is 9.33. The van der Waals surface area contributed by atoms with Crippen LogP contribution in [0.25, 0.3) is 0 Å². The summed E-state index contributed by atoms with van der Waals surface area (Å²) < 4.78 is 29.0. The lowest BCUT2D eigenvalue weighted by Gasteiger charge is -2.37. The standard InChI is InChI=1S/C22H23FN2O4S/c1-14-19(21(26)29-13-12-27-2)20(15-4-6-16(23)7-5-15)24-22(30)25(14)17-8-10-18(28-3)11-9-17/h4-11,20H,12-13H2,1-3H3,(H,24,30). The molecule has 30 heavy (non-hydrogen) atoms. The molecule has 0 amide bonds. The molecular weight excluding hydrogens is 407 g/mol. The van der Waals surface area contributed by atoms with Crippen LogP contribution in [0.2, 0.25) is 0 Å². The van der Waals surface area contributed by atoms with E-state index in [1.807, 2.05) is 24.3 Å². The van der Waals surface area contributed by atoms with Crippen LogP contribution in [0.1, 0.15) is 18.5 Å². The van der Waals surface area contributed by atoms with E-state index in [0.29, 0.717) is 27.7 Å². The number of thiocarbonyl (C=S) groups is 1. The molecule has 2 aromatic carbocycles. The Hall–Kier alpha value is -2.97. The van der Waals surface area contributed by atoms with Gasteiger partial charge in [0.25, 0.3) is 0 Å². The van der Waals surface area contributed by atoms with Crippen LogP contribution in [0.4, 0.5) is 10.1 Å². The number of nitrogens with zero attached hydrogens (tertiary/aromatic N) is 1. The SMILES string of the molecule is COCCOC(=O)C1=C(C)N(c2ccc(OC)cc2)C(=S)NC1c1ccc(F)cc1. The predicted octanol–water partition coefficient (Wildman–Crippen LogP) is 3.73. The summed E-state index contributed by atoms with van der Waals surface area (Å²) in [7, 11) is 3.13. The number of ether oxygens (including phenoxy) is 3. The van der Waals surface area contributed by atoms with E-state index in [1.54, 1.807) is 31.1 Å². The van der Waals surface area contributed by atoms with Crippen molar-refractivity contribution in [3.05, 3.63) is 71.2 Å². The third-order valence-electron chi connectivity index (χ3n) is 4.76. The summed E-state index contributed by atoms with van der Waals surface area (Å²) in [6, 6.07) is 12.7. The smallest absolute Gasteiger partial charge is 0.338 e. The lowest BCUT2D eigenvalue weighted by molar-refractivity contribution is -0.140. The second-order valence-electron chi connectivity index (χ2n) is 6.60. The molecule has 0 saturated heterocycles. The number of methoxy groups -OCH3 is 2. The summed E-state index contributed by atoms with van der Waals surface area (Å²) in [5.41, 5.74) is 2.49. The van der Waals surface area contributed by atoms with E-state index in [0.717, 1.165) is 5.69 Å². The van der Waals surface area contributed by atoms with Crippen LogP contribution in [0.3, 0.4) is 0 Å². The summed E-state index contributed by atoms with van der Waals surface area (Å²) in [5, 5.41) is 3.61. The average molecular weight is 431 g/mol. The Balaban J connectivity index is 2.04. The Morgan fingerprint density at radius 1 is 1.10 bits per heavy atom. The molecule has 1 N–H and O–H groups in total. The van der Waals surface area contributed by atoms with Crippen molar-refractivity contribution in [3.63, 3.8) is 0 Å². The minimum atomic E-state index is -0.567. The number of hydrogen-bond acceptors (Lipinski definition) is 5. The molecule has 1 atom stereocenters. The van der Waals surface area contributed by atoms with Crippen LogP contribution in [-0.2, 0) is 14.3 Å². The number of nitrogens with one attached hydrogen (secondary N) is 1. The number of allylic oxidation sites excluding steroid dienone is 1. The van der Waals surface area contributed by atoms with Crippen molar-refractivity contribution in [1.29, 1.82) is 0 Å². The molecule has 0 fully saturated rings. The van der Waals surface area contributed by atoms with Crippen LogP contribution < -0.4 is 15.0 Å². The zero-order chi connectivity index (χ0) is 21.7. The van der Waals surface area contributed by atoms with Gasteiger partial charge in [0.2, 0.25) is 0 Å². The van der Waals surface area contributed by atoms with Gasteiger partial charge in [-0.2, -0.15) is 0 Å². The molecular formula is C22H23FN2O4S. The molecule has 0 saturated carbocycles. The van der Waals surface area contributed by atoms with Gasteiger partial charge in [-0.15, -0.1) is 0 Å². The third kappa shape index (κ3) is 4.60. The Morgan fingerprint density at radius 3 is 2.37 bits per heavy atom. The molecule has 0 aliphatic carbocycles. The Morgan fingerprint density at radius 2 is 1.77 bits per heavy atom. The van der Waals surface area contributed by atoms with Crippen LogP contribution >= 0.6 is 12.2 Å². The summed E-state index contributed by atoms with van der Waals surface area (Å²) in [5.74, 6) is -0.144. The highest BCUT2D eigenvalue weighted by molar-refractivity contribution is 7.80. The number of rotatable bonds is 7. The highest BCUT2D eigenvalue weighted by Crippen LogP contribution is 2.34. The molecule has 1 aliphatic rings. The normalized spacial score (nSPS) is 16.3. The van der Waals surface area contributed by atoms with Crippen molar-refractivity contribution in [1.82, 2.24) is 5.32 Å². The quantitative estimate of drug-likeness (QED) is 0.408. The molecule has 0 aromatic heterocycles. The molecule has 0 radical (unpaired) electrons. The second-order valence-corrected chi connectivity index (χ2v) is 6.98. The molecule has 0 spiro atoms. The first-order valence-corrected chi connectivity index (χ1v) is 9.74. The van der Waals surface area contributed by atoms with E-state index in [1.165, 1.54) is 19.2 Å². The number of carbonyl (C=O) groups excluding carboxylic acids is 1. The zero-order valence-corrected chi connectivity index (χ0v) is 17.8. The highest BCUT2D eigenvalue weighted by atomic mass is 32.1. The minimum Gasteiger partial charge on any atom is -0.497 e. The Kier molecular flexibility index (Phi) is 7.02. The second kappa shape index (κ2) is 9.69. The van der Waals surface area contributed by atoms with Gasteiger partial charge in [-0.1, -0.05) is 12.1 Å². The largest absolute Gasteiger partial charge is 0.497 e. The molecule has 1 aliphatic heterocycles. The van der Waals surface area contributed by atoms with Crippen molar-refractivity contribution in [2.45, 2.75) is 13.0 Å². The van der Waals surface area contributed by atoms with E-state index in [4.69, 9.17) is 26.4 Å². The fraction of sp³-hybridized carbons (Fsp3) is 0.273. The number of anilines is 1. The van der Waals surface area contributed by atoms with Crippen molar-refractivity contribution < 1.29 is 23.4 Å². The van der Waals surface area contributed by atoms with Gasteiger partial charge in [0.1, 0.15) is 18.2 Å². The number of esters is 1. The van der Waals surface area contributed by atoms with Crippen LogP contribution in [0, 0.1) is 5.82 Å². The molecule has 8 heteroatoms. The molecule has 2 aromatic rings. The average Bonchev–Trinajstić information content (AvgIpc) is 2.74. The van der Waals surface area contributed by atoms with E-state index >= 15 is 0 Å². The van der Waals surface area contributed by atoms with Crippen LogP contribution in [0.15, 0.2) is 59.8 Å². The number of halogens is 1. The van der Waals surface area contributed by atoms with Crippen LogP contribution in [-0.4, -0.2) is 38.5 Å². The number of carbonyl (C=O) groups is 1. The predicted molar refractivity (Wildman–Crippen MR) is 116 cm³/mol. The van der Waals surface area contributed by atoms with E-state index in [-0.39, 0.29) is 19.0 Å². The summed E-state index contributed by atoms with van der Waals surface area (Å²) in [6.07, 6.45) is 0. The van der Waals surface area contributed by atoms with Gasteiger partial charge in [-0.3, -0.25) is 4.90 Å². The van der Waals surface area contributed by atoms with Crippen molar-refractivity contribution in [2.75, 3.05) is 32.3 Å². The fourth-order valence-electron chi connectivity index (χ4n) is 3.25. The molecule has 6 nitrogen and oxygen atoms in total. The van der Waals surface area contributed by atoms with Crippen molar-refractivity contribution in [2.24, 2.45) is 0 Å². The summed E-state index contributed by atoms with van der Waals surface area (Å²) >= 11 is 5.60. The van der Waals surface area contributed by atoms with Gasteiger partial charge >= 0.3 is 5.97 Å². The van der Waals surface area contributed by atoms with Crippen molar-refractivity contribution in [3.8, 4) is 5.75 Å². The maximum atomic E-state index is 13.4. The van der Waals surface area contributed by atoms with Gasteiger partial charge in [-0.25, -0.2) is 9.18 Å². The molecule has 158 valence electrons. The maximum absolute atomic E-state index is 13.4. The monoisotopic (exact) mass is 430 g/mol. The molecule has 0 bridgehead atoms. The Bertz CT molecular complexity index is 945. The minimum absolute atomic E-state index is 0.120. The molecule has 1 unspecified atom stereocenters. The molecule has 3 rings (SSSR count). The van der Waals surface area contributed by atoms with E-state index < -0.39 is 12.0 Å². The number of benzene rings is 2. The lowest BCUT2D eigenvalue weighted by atomic mass is 9.94. The van der Waals surface area contributed by atoms with Gasteiger partial charge in [-0.05, 0) is 61.1 Å². The first-order chi connectivity index (χ1) is 14.5. The molecule has 1 heterocycles. The van der Waals surface area contributed by atoms with Gasteiger partial charge in [0.05, 0.1) is 25.3 Å². The van der Waals surface area contributed by atoms with Gasteiger partial charge in [0, 0.05) is 18.5 Å².